The highest BCUT2D eigenvalue weighted by Crippen LogP contribution is 2.21. The fourth-order valence-electron chi connectivity index (χ4n) is 3.74. The van der Waals surface area contributed by atoms with E-state index in [0.717, 1.165) is 15.8 Å². The Morgan fingerprint density at radius 1 is 1.05 bits per heavy atom. The topological polar surface area (TPSA) is 98.0 Å². The number of ether oxygens (including phenoxy) is 1. The summed E-state index contributed by atoms with van der Waals surface area (Å²) in [7, 11) is -0.911. The van der Waals surface area contributed by atoms with Crippen molar-refractivity contribution in [1.82, 2.24) is 8.87 Å². The van der Waals surface area contributed by atoms with Gasteiger partial charge in [-0.05, 0) is 48.0 Å². The fraction of sp³-hybridized carbons (Fsp3) is 0.148. The maximum atomic E-state index is 13.0. The third-order valence-electron chi connectivity index (χ3n) is 5.67. The number of carbonyl (C=O) groups is 2. The number of esters is 1. The van der Waals surface area contributed by atoms with Crippen LogP contribution in [-0.4, -0.2) is 43.3 Å². The van der Waals surface area contributed by atoms with Gasteiger partial charge in [-0.15, -0.1) is 6.58 Å². The van der Waals surface area contributed by atoms with E-state index < -0.39 is 21.9 Å². The summed E-state index contributed by atoms with van der Waals surface area (Å²) in [6.07, 6.45) is 1.69. The molecule has 0 unspecified atom stereocenters. The molecule has 37 heavy (non-hydrogen) atoms. The number of thiazole rings is 1. The highest BCUT2D eigenvalue weighted by atomic mass is 32.2. The number of hydrogen-bond donors (Lipinski definition) is 0. The van der Waals surface area contributed by atoms with Gasteiger partial charge in [-0.25, -0.2) is 13.2 Å². The molecule has 10 heteroatoms. The summed E-state index contributed by atoms with van der Waals surface area (Å²) in [5.41, 5.74) is 2.32. The summed E-state index contributed by atoms with van der Waals surface area (Å²) in [4.78, 5) is 29.7. The van der Waals surface area contributed by atoms with Crippen molar-refractivity contribution in [3.63, 3.8) is 0 Å². The second kappa shape index (κ2) is 11.0. The van der Waals surface area contributed by atoms with E-state index in [1.807, 2.05) is 34.9 Å². The molecule has 0 aliphatic heterocycles. The normalized spacial score (nSPS) is 12.1. The van der Waals surface area contributed by atoms with Crippen LogP contribution in [0.15, 0.2) is 95.3 Å². The van der Waals surface area contributed by atoms with Gasteiger partial charge in [0.05, 0.1) is 27.8 Å². The third kappa shape index (κ3) is 5.61. The molecule has 0 aliphatic carbocycles. The van der Waals surface area contributed by atoms with E-state index in [4.69, 9.17) is 4.74 Å². The lowest BCUT2D eigenvalue weighted by Crippen LogP contribution is -2.26. The molecule has 0 radical (unpaired) electrons. The maximum absolute atomic E-state index is 13.0. The number of hydrogen-bond acceptors (Lipinski definition) is 6. The first-order valence-corrected chi connectivity index (χ1v) is 13.5. The molecular formula is C27H25N3O5S2. The predicted octanol–water partition coefficient (Wildman–Crippen LogP) is 4.24. The van der Waals surface area contributed by atoms with Crippen LogP contribution in [0.1, 0.15) is 26.3 Å². The Bertz CT molecular complexity index is 1640. The zero-order valence-corrected chi connectivity index (χ0v) is 22.0. The molecular weight excluding hydrogens is 510 g/mol. The van der Waals surface area contributed by atoms with Crippen LogP contribution in [0.3, 0.4) is 0 Å². The first-order valence-electron chi connectivity index (χ1n) is 11.3. The molecule has 4 aromatic rings. The summed E-state index contributed by atoms with van der Waals surface area (Å²) in [6, 6.07) is 20.1. The lowest BCUT2D eigenvalue weighted by atomic mass is 10.2. The number of allylic oxidation sites excluding steroid dienone is 1. The molecule has 1 aromatic heterocycles. The Kier molecular flexibility index (Phi) is 7.82. The van der Waals surface area contributed by atoms with Gasteiger partial charge in [0.2, 0.25) is 10.0 Å². The first kappa shape index (κ1) is 26.2. The number of nitrogens with zero attached hydrogens (tertiary/aromatic N) is 3. The van der Waals surface area contributed by atoms with Gasteiger partial charge in [-0.1, -0.05) is 47.7 Å². The van der Waals surface area contributed by atoms with E-state index in [1.165, 1.54) is 54.1 Å². The molecule has 0 atom stereocenters. The molecule has 0 fully saturated rings. The Morgan fingerprint density at radius 2 is 1.73 bits per heavy atom. The van der Waals surface area contributed by atoms with Crippen molar-refractivity contribution >= 4 is 43.5 Å². The first-order chi connectivity index (χ1) is 17.7. The van der Waals surface area contributed by atoms with E-state index >= 15 is 0 Å². The third-order valence-corrected chi connectivity index (χ3v) is 8.53. The van der Waals surface area contributed by atoms with E-state index in [0.29, 0.717) is 16.9 Å². The molecule has 0 bridgehead atoms. The van der Waals surface area contributed by atoms with Crippen molar-refractivity contribution in [1.29, 1.82) is 0 Å². The van der Waals surface area contributed by atoms with Crippen LogP contribution in [0.25, 0.3) is 10.2 Å². The summed E-state index contributed by atoms with van der Waals surface area (Å²) >= 11 is 1.26. The van der Waals surface area contributed by atoms with E-state index in [-0.39, 0.29) is 17.0 Å². The molecule has 0 saturated heterocycles. The Morgan fingerprint density at radius 3 is 2.38 bits per heavy atom. The van der Waals surface area contributed by atoms with Crippen molar-refractivity contribution in [2.45, 2.75) is 18.0 Å². The van der Waals surface area contributed by atoms with Crippen LogP contribution in [0.4, 0.5) is 0 Å². The van der Waals surface area contributed by atoms with Crippen molar-refractivity contribution in [2.24, 2.45) is 4.99 Å². The van der Waals surface area contributed by atoms with Crippen LogP contribution in [0.2, 0.25) is 0 Å². The second-order valence-corrected chi connectivity index (χ2v) is 11.2. The minimum atomic E-state index is -3.74. The molecule has 190 valence electrons. The molecule has 4 rings (SSSR count). The maximum Gasteiger partial charge on any atom is 0.337 e. The number of methoxy groups -OCH3 is 1. The van der Waals surface area contributed by atoms with Crippen LogP contribution in [0.5, 0.6) is 0 Å². The summed E-state index contributed by atoms with van der Waals surface area (Å²) in [5, 5.41) is 0. The SMILES string of the molecule is C=CCn1c(=NC(=O)c2ccc(S(=O)(=O)N(C)Cc3ccccc3)cc2)sc2cc(C(=O)OC)ccc21. The van der Waals surface area contributed by atoms with Crippen molar-refractivity contribution in [3.8, 4) is 0 Å². The van der Waals surface area contributed by atoms with E-state index in [1.54, 1.807) is 24.3 Å². The number of sulfonamides is 1. The van der Waals surface area contributed by atoms with Gasteiger partial charge in [0.1, 0.15) is 0 Å². The smallest absolute Gasteiger partial charge is 0.337 e. The number of amides is 1. The Balaban J connectivity index is 1.62. The molecule has 1 amide bonds. The molecule has 1 heterocycles. The van der Waals surface area contributed by atoms with Gasteiger partial charge in [0.25, 0.3) is 5.91 Å². The Labute approximate surface area is 218 Å². The summed E-state index contributed by atoms with van der Waals surface area (Å²) < 4.78 is 34.6. The van der Waals surface area contributed by atoms with Crippen molar-refractivity contribution in [3.05, 3.63) is 107 Å². The largest absolute Gasteiger partial charge is 0.465 e. The van der Waals surface area contributed by atoms with Crippen molar-refractivity contribution < 1.29 is 22.7 Å². The Hall–Kier alpha value is -3.86. The molecule has 3 aromatic carbocycles. The average molecular weight is 536 g/mol. The zero-order chi connectivity index (χ0) is 26.6. The molecule has 0 aliphatic rings. The second-order valence-electron chi connectivity index (χ2n) is 8.15. The number of benzene rings is 3. The zero-order valence-electron chi connectivity index (χ0n) is 20.3. The monoisotopic (exact) mass is 535 g/mol. The summed E-state index contributed by atoms with van der Waals surface area (Å²) in [6.45, 7) is 4.41. The molecule has 0 N–H and O–H groups in total. The molecule has 0 saturated carbocycles. The predicted molar refractivity (Wildman–Crippen MR) is 143 cm³/mol. The molecule has 8 nitrogen and oxygen atoms in total. The van der Waals surface area contributed by atoms with Gasteiger partial charge >= 0.3 is 5.97 Å². The standard InChI is InChI=1S/C27H25N3O5S2/c1-4-16-30-23-15-12-21(26(32)35-3)17-24(23)36-27(30)28-25(31)20-10-13-22(14-11-20)37(33,34)29(2)18-19-8-6-5-7-9-19/h4-15,17H,1,16,18H2,2-3H3. The van der Waals surface area contributed by atoms with Gasteiger partial charge in [0, 0.05) is 25.7 Å². The van der Waals surface area contributed by atoms with Crippen LogP contribution < -0.4 is 4.80 Å². The van der Waals surface area contributed by atoms with Gasteiger partial charge in [-0.2, -0.15) is 9.30 Å². The minimum Gasteiger partial charge on any atom is -0.465 e. The number of fused-ring (bicyclic) bond motifs is 1. The van der Waals surface area contributed by atoms with Crippen LogP contribution in [0, 0.1) is 0 Å². The van der Waals surface area contributed by atoms with Gasteiger partial charge in [0.15, 0.2) is 4.80 Å². The van der Waals surface area contributed by atoms with Crippen molar-refractivity contribution in [2.75, 3.05) is 14.2 Å². The number of carbonyl (C=O) groups excluding carboxylic acids is 2. The lowest BCUT2D eigenvalue weighted by Gasteiger charge is -2.17. The summed E-state index contributed by atoms with van der Waals surface area (Å²) in [5.74, 6) is -0.969. The quantitative estimate of drug-likeness (QED) is 0.248. The average Bonchev–Trinajstić information content (AvgIpc) is 3.24. The van der Waals surface area contributed by atoms with Gasteiger partial charge < -0.3 is 9.30 Å². The van der Waals surface area contributed by atoms with E-state index in [2.05, 4.69) is 11.6 Å². The number of aromatic nitrogens is 1. The van der Waals surface area contributed by atoms with Gasteiger partial charge in [-0.3, -0.25) is 4.79 Å². The number of rotatable bonds is 8. The van der Waals surface area contributed by atoms with Crippen LogP contribution >= 0.6 is 11.3 Å². The van der Waals surface area contributed by atoms with Crippen LogP contribution in [-0.2, 0) is 27.8 Å². The molecule has 0 spiro atoms. The minimum absolute atomic E-state index is 0.0846. The highest BCUT2D eigenvalue weighted by molar-refractivity contribution is 7.89. The lowest BCUT2D eigenvalue weighted by molar-refractivity contribution is 0.0600. The fourth-order valence-corrected chi connectivity index (χ4v) is 5.97. The van der Waals surface area contributed by atoms with E-state index in [9.17, 15) is 18.0 Å². The highest BCUT2D eigenvalue weighted by Gasteiger charge is 2.21.